The Kier molecular flexibility index (Phi) is 8.11. The first-order chi connectivity index (χ1) is 12.1. The first kappa shape index (κ1) is 23.7. The molecule has 4 amide bonds. The van der Waals surface area contributed by atoms with E-state index in [4.69, 9.17) is 5.73 Å². The van der Waals surface area contributed by atoms with Crippen LogP contribution in [0.15, 0.2) is 0 Å². The summed E-state index contributed by atoms with van der Waals surface area (Å²) in [5, 5.41) is 5.74. The van der Waals surface area contributed by atoms with Crippen molar-refractivity contribution in [1.29, 1.82) is 0 Å². The van der Waals surface area contributed by atoms with E-state index in [1.165, 1.54) is 0 Å². The number of rotatable bonds is 7. The Hall–Kier alpha value is -1.34. The molecule has 0 aromatic carbocycles. The minimum Gasteiger partial charge on any atom is -0.351 e. The monoisotopic (exact) mass is 402 g/mol. The summed E-state index contributed by atoms with van der Waals surface area (Å²) >= 11 is 0. The summed E-state index contributed by atoms with van der Waals surface area (Å²) in [5.41, 5.74) is 4.82. The summed E-state index contributed by atoms with van der Waals surface area (Å²) in [4.78, 5) is 38.9. The number of carbonyl (C=O) groups is 3. The Balaban J connectivity index is 0.00000364. The van der Waals surface area contributed by atoms with Gasteiger partial charge in [0.2, 0.25) is 5.91 Å². The van der Waals surface area contributed by atoms with Crippen LogP contribution in [0, 0.1) is 11.3 Å². The van der Waals surface area contributed by atoms with Gasteiger partial charge >= 0.3 is 6.03 Å². The standard InChI is InChI=1S/C19H34N4O3.ClH/c1-5-6-7-14(10-20)21-15(24)11-23-16(25)19(22-17(23)26)9-13(2)8-18(3,4)12-19;/h13-14H,5-12,20H2,1-4H3,(H,21,24)(H,22,26);1H. The van der Waals surface area contributed by atoms with E-state index in [0.29, 0.717) is 25.3 Å². The molecule has 2 rings (SSSR count). The number of hydrogen-bond donors (Lipinski definition) is 3. The lowest BCUT2D eigenvalue weighted by atomic mass is 9.64. The number of hydrogen-bond acceptors (Lipinski definition) is 4. The number of halogens is 1. The fourth-order valence-corrected chi connectivity index (χ4v) is 4.77. The molecule has 0 aromatic rings. The van der Waals surface area contributed by atoms with Crippen LogP contribution >= 0.6 is 12.4 Å². The molecule has 156 valence electrons. The minimum absolute atomic E-state index is 0. The van der Waals surface area contributed by atoms with Gasteiger partial charge in [0.15, 0.2) is 0 Å². The van der Waals surface area contributed by atoms with Gasteiger partial charge in [0, 0.05) is 12.6 Å². The van der Waals surface area contributed by atoms with Crippen molar-refractivity contribution in [3.8, 4) is 0 Å². The van der Waals surface area contributed by atoms with Crippen LogP contribution in [0.2, 0.25) is 0 Å². The summed E-state index contributed by atoms with van der Waals surface area (Å²) in [6, 6.07) is -0.585. The van der Waals surface area contributed by atoms with Crippen molar-refractivity contribution in [2.24, 2.45) is 17.1 Å². The zero-order chi connectivity index (χ0) is 19.5. The predicted molar refractivity (Wildman–Crippen MR) is 108 cm³/mol. The fourth-order valence-electron chi connectivity index (χ4n) is 4.77. The van der Waals surface area contributed by atoms with E-state index in [-0.39, 0.29) is 42.2 Å². The summed E-state index contributed by atoms with van der Waals surface area (Å²) in [6.07, 6.45) is 5.05. The minimum atomic E-state index is -0.867. The quantitative estimate of drug-likeness (QED) is 0.567. The van der Waals surface area contributed by atoms with Crippen LogP contribution in [0.4, 0.5) is 4.79 Å². The number of unbranched alkanes of at least 4 members (excludes halogenated alkanes) is 1. The second-order valence-electron chi connectivity index (χ2n) is 8.90. The molecular formula is C19H35ClN4O3. The van der Waals surface area contributed by atoms with Crippen molar-refractivity contribution < 1.29 is 14.4 Å². The Morgan fingerprint density at radius 2 is 2.04 bits per heavy atom. The molecule has 0 bridgehead atoms. The van der Waals surface area contributed by atoms with E-state index in [2.05, 4.69) is 38.3 Å². The van der Waals surface area contributed by atoms with Gasteiger partial charge in [-0.15, -0.1) is 12.4 Å². The molecule has 1 aliphatic carbocycles. The van der Waals surface area contributed by atoms with E-state index < -0.39 is 11.6 Å². The van der Waals surface area contributed by atoms with Crippen LogP contribution in [-0.2, 0) is 9.59 Å². The highest BCUT2D eigenvalue weighted by atomic mass is 35.5. The van der Waals surface area contributed by atoms with Crippen LogP contribution in [0.5, 0.6) is 0 Å². The molecular weight excluding hydrogens is 368 g/mol. The van der Waals surface area contributed by atoms with Crippen LogP contribution < -0.4 is 16.4 Å². The first-order valence-electron chi connectivity index (χ1n) is 9.76. The third-order valence-electron chi connectivity index (χ3n) is 5.48. The zero-order valence-corrected chi connectivity index (χ0v) is 17.8. The van der Waals surface area contributed by atoms with Gasteiger partial charge in [-0.25, -0.2) is 4.79 Å². The Morgan fingerprint density at radius 1 is 1.37 bits per heavy atom. The van der Waals surface area contributed by atoms with Gasteiger partial charge in [0.25, 0.3) is 5.91 Å². The molecule has 27 heavy (non-hydrogen) atoms. The molecule has 1 aliphatic heterocycles. The topological polar surface area (TPSA) is 105 Å². The molecule has 0 radical (unpaired) electrons. The highest BCUT2D eigenvalue weighted by Gasteiger charge is 2.56. The van der Waals surface area contributed by atoms with E-state index in [1.807, 2.05) is 0 Å². The summed E-state index contributed by atoms with van der Waals surface area (Å²) in [6.45, 7) is 8.54. The van der Waals surface area contributed by atoms with E-state index in [0.717, 1.165) is 30.6 Å². The van der Waals surface area contributed by atoms with Gasteiger partial charge in [-0.05, 0) is 37.0 Å². The maximum atomic E-state index is 13.0. The number of carbonyl (C=O) groups excluding carboxylic acids is 3. The number of nitrogens with zero attached hydrogens (tertiary/aromatic N) is 1. The molecule has 1 spiro atoms. The average molecular weight is 403 g/mol. The van der Waals surface area contributed by atoms with Crippen LogP contribution in [0.1, 0.15) is 66.2 Å². The molecule has 0 aromatic heterocycles. The molecule has 3 atom stereocenters. The lowest BCUT2D eigenvalue weighted by Gasteiger charge is -2.43. The third kappa shape index (κ3) is 5.57. The van der Waals surface area contributed by atoms with Crippen molar-refractivity contribution >= 4 is 30.3 Å². The molecule has 2 aliphatic rings. The highest BCUT2D eigenvalue weighted by Crippen LogP contribution is 2.46. The number of nitrogens with one attached hydrogen (secondary N) is 2. The van der Waals surface area contributed by atoms with Crippen molar-refractivity contribution in [3.05, 3.63) is 0 Å². The van der Waals surface area contributed by atoms with Gasteiger partial charge in [-0.1, -0.05) is 40.5 Å². The van der Waals surface area contributed by atoms with Crippen LogP contribution in [0.3, 0.4) is 0 Å². The number of amides is 4. The van der Waals surface area contributed by atoms with E-state index in [9.17, 15) is 14.4 Å². The molecule has 1 saturated carbocycles. The molecule has 7 nitrogen and oxygen atoms in total. The summed E-state index contributed by atoms with van der Waals surface area (Å²) < 4.78 is 0. The van der Waals surface area contributed by atoms with E-state index >= 15 is 0 Å². The number of urea groups is 1. The Labute approximate surface area is 168 Å². The summed E-state index contributed by atoms with van der Waals surface area (Å²) in [5.74, 6) is -0.261. The average Bonchev–Trinajstić information content (AvgIpc) is 2.73. The lowest BCUT2D eigenvalue weighted by molar-refractivity contribution is -0.137. The van der Waals surface area contributed by atoms with Crippen LogP contribution in [0.25, 0.3) is 0 Å². The van der Waals surface area contributed by atoms with Crippen molar-refractivity contribution in [3.63, 3.8) is 0 Å². The molecule has 8 heteroatoms. The number of imide groups is 1. The Morgan fingerprint density at radius 3 is 2.59 bits per heavy atom. The van der Waals surface area contributed by atoms with Crippen LogP contribution in [-0.4, -0.2) is 47.4 Å². The van der Waals surface area contributed by atoms with Crippen molar-refractivity contribution in [1.82, 2.24) is 15.5 Å². The lowest BCUT2D eigenvalue weighted by Crippen LogP contribution is -2.54. The highest BCUT2D eigenvalue weighted by molar-refractivity contribution is 6.09. The predicted octanol–water partition coefficient (Wildman–Crippen LogP) is 2.18. The normalized spacial score (nSPS) is 27.9. The zero-order valence-electron chi connectivity index (χ0n) is 17.0. The molecule has 2 fully saturated rings. The molecule has 1 saturated heterocycles. The SMILES string of the molecule is CCCCC(CN)NC(=O)CN1C(=O)NC2(CC(C)CC(C)(C)C2)C1=O.Cl. The van der Waals surface area contributed by atoms with Gasteiger partial charge in [0.05, 0.1) is 0 Å². The second-order valence-corrected chi connectivity index (χ2v) is 8.90. The van der Waals surface area contributed by atoms with E-state index in [1.54, 1.807) is 0 Å². The van der Waals surface area contributed by atoms with Gasteiger partial charge in [-0.3, -0.25) is 14.5 Å². The molecule has 1 heterocycles. The van der Waals surface area contributed by atoms with Crippen molar-refractivity contribution in [2.75, 3.05) is 13.1 Å². The van der Waals surface area contributed by atoms with Gasteiger partial charge in [-0.2, -0.15) is 0 Å². The third-order valence-corrected chi connectivity index (χ3v) is 5.48. The maximum Gasteiger partial charge on any atom is 0.325 e. The summed E-state index contributed by atoms with van der Waals surface area (Å²) in [7, 11) is 0. The molecule has 4 N–H and O–H groups in total. The van der Waals surface area contributed by atoms with Crippen molar-refractivity contribution in [2.45, 2.75) is 77.8 Å². The first-order valence-corrected chi connectivity index (χ1v) is 9.76. The van der Waals surface area contributed by atoms with Gasteiger partial charge < -0.3 is 16.4 Å². The number of nitrogens with two attached hydrogens (primary N) is 1. The largest absolute Gasteiger partial charge is 0.351 e. The second kappa shape index (κ2) is 9.24. The van der Waals surface area contributed by atoms with Gasteiger partial charge in [0.1, 0.15) is 12.1 Å². The molecule has 3 unspecified atom stereocenters. The Bertz CT molecular complexity index is 569. The fraction of sp³-hybridized carbons (Fsp3) is 0.842. The maximum absolute atomic E-state index is 13.0. The smallest absolute Gasteiger partial charge is 0.325 e.